The van der Waals surface area contributed by atoms with Crippen LogP contribution >= 0.6 is 0 Å². The highest BCUT2D eigenvalue weighted by Gasteiger charge is 2.14. The van der Waals surface area contributed by atoms with Crippen molar-refractivity contribution < 1.29 is 0 Å². The number of nitrogens with two attached hydrogens (primary N) is 1. The average Bonchev–Trinajstić information content (AvgIpc) is 2.74. The first-order valence-corrected chi connectivity index (χ1v) is 6.85. The second-order valence-corrected chi connectivity index (χ2v) is 5.52. The first-order valence-electron chi connectivity index (χ1n) is 6.85. The van der Waals surface area contributed by atoms with E-state index < -0.39 is 0 Å². The van der Waals surface area contributed by atoms with Crippen LogP contribution in [0.15, 0.2) is 0 Å². The predicted octanol–water partition coefficient (Wildman–Crippen LogP) is 1.37. The fourth-order valence-corrected chi connectivity index (χ4v) is 2.38. The fraction of sp³-hybridized carbons (Fsp3) is 0.923. The third-order valence-corrected chi connectivity index (χ3v) is 3.25. The molecule has 1 saturated heterocycles. The molecule has 0 amide bonds. The van der Waals surface area contributed by atoms with Crippen LogP contribution in [0.1, 0.15) is 33.1 Å². The largest absolute Gasteiger partial charge is 0.388 e. The lowest BCUT2D eigenvalue weighted by Crippen LogP contribution is -2.37. The Balaban J connectivity index is 2.25. The minimum Gasteiger partial charge on any atom is -0.388 e. The Kier molecular flexibility index (Phi) is 6.52. The van der Waals surface area contributed by atoms with E-state index in [2.05, 4.69) is 23.6 Å². The molecule has 1 aliphatic rings. The minimum absolute atomic E-state index is 0.305. The van der Waals surface area contributed by atoms with E-state index in [-0.39, 0.29) is 0 Å². The van der Waals surface area contributed by atoms with E-state index in [4.69, 9.17) is 11.1 Å². The van der Waals surface area contributed by atoms with Crippen LogP contribution < -0.4 is 5.73 Å². The van der Waals surface area contributed by atoms with Gasteiger partial charge in [-0.05, 0) is 31.8 Å². The lowest BCUT2D eigenvalue weighted by molar-refractivity contribution is 0.211. The standard InChI is InChI=1S/C13H28N4/c1-12(2)11-17(8-5-13(14)15)10-9-16-6-3-4-7-16/h12H,3-11H2,1-2H3,(H3,14,15). The maximum absolute atomic E-state index is 7.31. The Bertz CT molecular complexity index is 221. The molecule has 0 spiro atoms. The lowest BCUT2D eigenvalue weighted by Gasteiger charge is -2.26. The van der Waals surface area contributed by atoms with Gasteiger partial charge in [0.1, 0.15) is 0 Å². The van der Waals surface area contributed by atoms with Crippen molar-refractivity contribution in [1.29, 1.82) is 5.41 Å². The molecule has 3 N–H and O–H groups in total. The van der Waals surface area contributed by atoms with Crippen LogP contribution in [-0.2, 0) is 0 Å². The Morgan fingerprint density at radius 3 is 2.47 bits per heavy atom. The molecule has 0 saturated carbocycles. The quantitative estimate of drug-likeness (QED) is 0.497. The van der Waals surface area contributed by atoms with Gasteiger partial charge in [0.05, 0.1) is 5.84 Å². The molecule has 0 aromatic rings. The summed E-state index contributed by atoms with van der Waals surface area (Å²) in [5, 5.41) is 7.31. The van der Waals surface area contributed by atoms with E-state index in [0.717, 1.165) is 19.6 Å². The topological polar surface area (TPSA) is 56.4 Å². The third kappa shape index (κ3) is 6.64. The summed E-state index contributed by atoms with van der Waals surface area (Å²) in [5.41, 5.74) is 5.44. The minimum atomic E-state index is 0.305. The monoisotopic (exact) mass is 240 g/mol. The molecule has 0 atom stereocenters. The van der Waals surface area contributed by atoms with Gasteiger partial charge in [0.25, 0.3) is 0 Å². The van der Waals surface area contributed by atoms with Gasteiger partial charge in [-0.25, -0.2) is 0 Å². The molecule has 0 aromatic carbocycles. The van der Waals surface area contributed by atoms with Crippen LogP contribution in [0, 0.1) is 11.3 Å². The van der Waals surface area contributed by atoms with Gasteiger partial charge in [-0.15, -0.1) is 0 Å². The maximum Gasteiger partial charge on any atom is 0.0918 e. The highest BCUT2D eigenvalue weighted by Crippen LogP contribution is 2.07. The number of likely N-dealkylation sites (tertiary alicyclic amines) is 1. The van der Waals surface area contributed by atoms with Crippen LogP contribution in [0.5, 0.6) is 0 Å². The van der Waals surface area contributed by atoms with Crippen molar-refractivity contribution in [2.75, 3.05) is 39.3 Å². The molecule has 4 nitrogen and oxygen atoms in total. The van der Waals surface area contributed by atoms with E-state index >= 15 is 0 Å². The molecule has 4 heteroatoms. The lowest BCUT2D eigenvalue weighted by atomic mass is 10.2. The van der Waals surface area contributed by atoms with Gasteiger partial charge in [-0.3, -0.25) is 5.41 Å². The van der Waals surface area contributed by atoms with Gasteiger partial charge in [-0.1, -0.05) is 13.8 Å². The van der Waals surface area contributed by atoms with E-state index in [1.165, 1.54) is 32.5 Å². The number of amidine groups is 1. The molecule has 1 aliphatic heterocycles. The molecule has 1 fully saturated rings. The SMILES string of the molecule is CC(C)CN(CCC(=N)N)CCN1CCCC1. The van der Waals surface area contributed by atoms with Crippen LogP contribution in [0.3, 0.4) is 0 Å². The molecule has 0 radical (unpaired) electrons. The summed E-state index contributed by atoms with van der Waals surface area (Å²) in [6.45, 7) is 11.4. The number of nitrogens with zero attached hydrogens (tertiary/aromatic N) is 2. The summed E-state index contributed by atoms with van der Waals surface area (Å²) in [6, 6.07) is 0. The van der Waals surface area contributed by atoms with Crippen LogP contribution in [-0.4, -0.2) is 54.9 Å². The van der Waals surface area contributed by atoms with Crippen LogP contribution in [0.4, 0.5) is 0 Å². The van der Waals surface area contributed by atoms with E-state index in [9.17, 15) is 0 Å². The molecular formula is C13H28N4. The number of hydrogen-bond acceptors (Lipinski definition) is 3. The summed E-state index contributed by atoms with van der Waals surface area (Å²) in [7, 11) is 0. The molecule has 0 bridgehead atoms. The Hall–Kier alpha value is -0.610. The van der Waals surface area contributed by atoms with Crippen molar-refractivity contribution in [2.45, 2.75) is 33.1 Å². The first-order chi connectivity index (χ1) is 8.08. The second-order valence-electron chi connectivity index (χ2n) is 5.52. The molecule has 1 heterocycles. The van der Waals surface area contributed by atoms with E-state index in [0.29, 0.717) is 18.2 Å². The van der Waals surface area contributed by atoms with E-state index in [1.54, 1.807) is 0 Å². The normalized spacial score (nSPS) is 17.2. The van der Waals surface area contributed by atoms with Gasteiger partial charge in [0.2, 0.25) is 0 Å². The smallest absolute Gasteiger partial charge is 0.0918 e. The average molecular weight is 240 g/mol. The Morgan fingerprint density at radius 2 is 1.94 bits per heavy atom. The summed E-state index contributed by atoms with van der Waals surface area (Å²) in [4.78, 5) is 4.99. The summed E-state index contributed by atoms with van der Waals surface area (Å²) in [5.74, 6) is 0.987. The Labute approximate surface area is 106 Å². The number of rotatable bonds is 8. The van der Waals surface area contributed by atoms with Crippen LogP contribution in [0.2, 0.25) is 0 Å². The second kappa shape index (κ2) is 7.67. The van der Waals surface area contributed by atoms with Crippen molar-refractivity contribution >= 4 is 5.84 Å². The molecule has 17 heavy (non-hydrogen) atoms. The van der Waals surface area contributed by atoms with E-state index in [1.807, 2.05) is 0 Å². The Morgan fingerprint density at radius 1 is 1.29 bits per heavy atom. The first kappa shape index (κ1) is 14.5. The van der Waals surface area contributed by atoms with Crippen molar-refractivity contribution in [2.24, 2.45) is 11.7 Å². The van der Waals surface area contributed by atoms with Gasteiger partial charge < -0.3 is 15.5 Å². The molecule has 0 unspecified atom stereocenters. The molecule has 0 aromatic heterocycles. The predicted molar refractivity (Wildman–Crippen MR) is 73.5 cm³/mol. The molecule has 100 valence electrons. The fourth-order valence-electron chi connectivity index (χ4n) is 2.38. The number of nitrogens with one attached hydrogen (secondary N) is 1. The summed E-state index contributed by atoms with van der Waals surface area (Å²) >= 11 is 0. The summed E-state index contributed by atoms with van der Waals surface area (Å²) in [6.07, 6.45) is 3.42. The molecule has 1 rings (SSSR count). The third-order valence-electron chi connectivity index (χ3n) is 3.25. The van der Waals surface area contributed by atoms with Crippen molar-refractivity contribution in [3.05, 3.63) is 0 Å². The zero-order valence-electron chi connectivity index (χ0n) is 11.4. The van der Waals surface area contributed by atoms with Gasteiger partial charge in [-0.2, -0.15) is 0 Å². The highest BCUT2D eigenvalue weighted by molar-refractivity contribution is 5.76. The maximum atomic E-state index is 7.31. The highest BCUT2D eigenvalue weighted by atomic mass is 15.2. The zero-order chi connectivity index (χ0) is 12.7. The van der Waals surface area contributed by atoms with Gasteiger partial charge >= 0.3 is 0 Å². The molecule has 0 aliphatic carbocycles. The van der Waals surface area contributed by atoms with Crippen molar-refractivity contribution in [3.8, 4) is 0 Å². The van der Waals surface area contributed by atoms with Crippen LogP contribution in [0.25, 0.3) is 0 Å². The molecular weight excluding hydrogens is 212 g/mol. The van der Waals surface area contributed by atoms with Crippen molar-refractivity contribution in [1.82, 2.24) is 9.80 Å². The van der Waals surface area contributed by atoms with Gasteiger partial charge in [0.15, 0.2) is 0 Å². The zero-order valence-corrected chi connectivity index (χ0v) is 11.4. The summed E-state index contributed by atoms with van der Waals surface area (Å²) < 4.78 is 0. The van der Waals surface area contributed by atoms with Gasteiger partial charge in [0, 0.05) is 32.6 Å². The number of hydrogen-bond donors (Lipinski definition) is 2. The van der Waals surface area contributed by atoms with Crippen molar-refractivity contribution in [3.63, 3.8) is 0 Å².